The van der Waals surface area contributed by atoms with Crippen LogP contribution in [0.4, 0.5) is 5.95 Å². The summed E-state index contributed by atoms with van der Waals surface area (Å²) in [5, 5.41) is 3.39. The maximum absolute atomic E-state index is 13.4. The number of halogens is 1. The Labute approximate surface area is 233 Å². The molecule has 0 aliphatic heterocycles. The minimum atomic E-state index is -4.00. The normalized spacial score (nSPS) is 11.5. The highest BCUT2D eigenvalue weighted by atomic mass is 35.5. The highest BCUT2D eigenvalue weighted by Crippen LogP contribution is 2.26. The van der Waals surface area contributed by atoms with Crippen LogP contribution in [-0.2, 0) is 19.6 Å². The molecule has 1 heterocycles. The van der Waals surface area contributed by atoms with Crippen molar-refractivity contribution >= 4 is 33.5 Å². The van der Waals surface area contributed by atoms with Crippen LogP contribution in [0.3, 0.4) is 0 Å². The summed E-state index contributed by atoms with van der Waals surface area (Å²) < 4.78 is 39.8. The van der Waals surface area contributed by atoms with Crippen LogP contribution in [0.1, 0.15) is 5.56 Å². The predicted octanol–water partition coefficient (Wildman–Crippen LogP) is 4.79. The predicted molar refractivity (Wildman–Crippen MR) is 151 cm³/mol. The SMILES string of the molecule is COCCN(CC(=O)Nc1nc(-c2ccc(Cl)cc2)cn1-c1ccc(C)cc1)S(=O)(=O)c1ccc(OC)cc1. The van der Waals surface area contributed by atoms with E-state index in [4.69, 9.17) is 21.1 Å². The fourth-order valence-electron chi connectivity index (χ4n) is 3.83. The Kier molecular flexibility index (Phi) is 9.03. The number of rotatable bonds is 11. The van der Waals surface area contributed by atoms with Crippen LogP contribution < -0.4 is 10.1 Å². The number of nitrogens with zero attached hydrogens (tertiary/aromatic N) is 3. The number of methoxy groups -OCH3 is 2. The number of hydrogen-bond acceptors (Lipinski definition) is 6. The van der Waals surface area contributed by atoms with Crippen LogP contribution in [0.2, 0.25) is 5.02 Å². The van der Waals surface area contributed by atoms with Crippen molar-refractivity contribution in [1.29, 1.82) is 0 Å². The van der Waals surface area contributed by atoms with Crippen molar-refractivity contribution in [2.75, 3.05) is 39.2 Å². The van der Waals surface area contributed by atoms with Gasteiger partial charge in [0.2, 0.25) is 21.9 Å². The molecule has 4 rings (SSSR count). The van der Waals surface area contributed by atoms with Crippen molar-refractivity contribution < 1.29 is 22.7 Å². The zero-order chi connectivity index (χ0) is 28.0. The number of ether oxygens (including phenoxy) is 2. The summed E-state index contributed by atoms with van der Waals surface area (Å²) in [4.78, 5) is 17.9. The van der Waals surface area contributed by atoms with Crippen LogP contribution in [0.15, 0.2) is 83.9 Å². The van der Waals surface area contributed by atoms with Gasteiger partial charge in [0.15, 0.2) is 0 Å². The second-order valence-corrected chi connectivity index (χ2v) is 11.1. The second kappa shape index (κ2) is 12.4. The van der Waals surface area contributed by atoms with Crippen molar-refractivity contribution in [3.05, 3.63) is 89.6 Å². The first kappa shape index (κ1) is 28.3. The zero-order valence-corrected chi connectivity index (χ0v) is 23.4. The zero-order valence-electron chi connectivity index (χ0n) is 21.8. The van der Waals surface area contributed by atoms with Crippen molar-refractivity contribution in [3.63, 3.8) is 0 Å². The lowest BCUT2D eigenvalue weighted by molar-refractivity contribution is -0.116. The van der Waals surface area contributed by atoms with Crippen LogP contribution in [0, 0.1) is 6.92 Å². The van der Waals surface area contributed by atoms with Gasteiger partial charge in [0.1, 0.15) is 5.75 Å². The third kappa shape index (κ3) is 6.85. The van der Waals surface area contributed by atoms with E-state index >= 15 is 0 Å². The molecule has 0 fully saturated rings. The number of amides is 1. The van der Waals surface area contributed by atoms with Crippen molar-refractivity contribution in [1.82, 2.24) is 13.9 Å². The molecule has 0 radical (unpaired) electrons. The van der Waals surface area contributed by atoms with Crippen molar-refractivity contribution in [2.45, 2.75) is 11.8 Å². The average molecular weight is 569 g/mol. The van der Waals surface area contributed by atoms with E-state index in [1.807, 2.05) is 43.3 Å². The van der Waals surface area contributed by atoms with Crippen LogP contribution in [-0.4, -0.2) is 62.1 Å². The summed E-state index contributed by atoms with van der Waals surface area (Å²) >= 11 is 6.04. The third-order valence-electron chi connectivity index (χ3n) is 5.97. The molecule has 1 amide bonds. The number of carbonyl (C=O) groups is 1. The molecule has 0 aliphatic carbocycles. The molecule has 0 spiro atoms. The highest BCUT2D eigenvalue weighted by molar-refractivity contribution is 7.89. The minimum absolute atomic E-state index is 0.0132. The molecule has 0 saturated carbocycles. The van der Waals surface area contributed by atoms with Crippen LogP contribution >= 0.6 is 11.6 Å². The van der Waals surface area contributed by atoms with Gasteiger partial charge in [-0.1, -0.05) is 41.4 Å². The lowest BCUT2D eigenvalue weighted by Gasteiger charge is -2.21. The molecular formula is C28H29ClN4O5S. The molecular weight excluding hydrogens is 540 g/mol. The lowest BCUT2D eigenvalue weighted by atomic mass is 10.2. The number of sulfonamides is 1. The number of carbonyl (C=O) groups excluding carboxylic acids is 1. The number of imidazole rings is 1. The summed E-state index contributed by atoms with van der Waals surface area (Å²) in [5.74, 6) is 0.224. The maximum atomic E-state index is 13.4. The first-order chi connectivity index (χ1) is 18.7. The Balaban J connectivity index is 1.63. The molecule has 0 saturated heterocycles. The molecule has 1 N–H and O–H groups in total. The highest BCUT2D eigenvalue weighted by Gasteiger charge is 2.27. The molecule has 0 unspecified atom stereocenters. The van der Waals surface area contributed by atoms with Gasteiger partial charge >= 0.3 is 0 Å². The molecule has 1 aromatic heterocycles. The quantitative estimate of drug-likeness (QED) is 0.279. The maximum Gasteiger partial charge on any atom is 0.243 e. The number of aryl methyl sites for hydroxylation is 1. The van der Waals surface area contributed by atoms with Gasteiger partial charge in [-0.3, -0.25) is 14.7 Å². The number of benzene rings is 3. The molecule has 4 aromatic rings. The Bertz CT molecular complexity index is 1520. The second-order valence-electron chi connectivity index (χ2n) is 8.72. The number of aromatic nitrogens is 2. The smallest absolute Gasteiger partial charge is 0.243 e. The molecule has 204 valence electrons. The third-order valence-corrected chi connectivity index (χ3v) is 8.08. The Morgan fingerprint density at radius 3 is 2.28 bits per heavy atom. The summed E-state index contributed by atoms with van der Waals surface area (Å²) in [6, 6.07) is 20.9. The molecule has 0 atom stereocenters. The van der Waals surface area contributed by atoms with E-state index in [0.717, 1.165) is 21.1 Å². The summed E-state index contributed by atoms with van der Waals surface area (Å²) in [5.41, 5.74) is 3.29. The van der Waals surface area contributed by atoms with Crippen LogP contribution in [0.5, 0.6) is 5.75 Å². The van der Waals surface area contributed by atoms with Crippen molar-refractivity contribution in [3.8, 4) is 22.7 Å². The Hall–Kier alpha value is -3.70. The Morgan fingerprint density at radius 1 is 1.00 bits per heavy atom. The van der Waals surface area contributed by atoms with E-state index in [1.165, 1.54) is 26.4 Å². The van der Waals surface area contributed by atoms with Gasteiger partial charge < -0.3 is 9.47 Å². The van der Waals surface area contributed by atoms with E-state index in [-0.39, 0.29) is 24.0 Å². The summed E-state index contributed by atoms with van der Waals surface area (Å²) in [6.45, 7) is 1.65. The molecule has 3 aromatic carbocycles. The lowest BCUT2D eigenvalue weighted by Crippen LogP contribution is -2.40. The van der Waals surface area contributed by atoms with E-state index in [9.17, 15) is 13.2 Å². The monoisotopic (exact) mass is 568 g/mol. The van der Waals surface area contributed by atoms with E-state index in [0.29, 0.717) is 16.5 Å². The van der Waals surface area contributed by atoms with Crippen LogP contribution in [0.25, 0.3) is 16.9 Å². The molecule has 39 heavy (non-hydrogen) atoms. The number of nitrogens with one attached hydrogen (secondary N) is 1. The molecule has 9 nitrogen and oxygen atoms in total. The van der Waals surface area contributed by atoms with E-state index in [1.54, 1.807) is 35.0 Å². The summed E-state index contributed by atoms with van der Waals surface area (Å²) in [6.07, 6.45) is 1.81. The molecule has 11 heteroatoms. The first-order valence-electron chi connectivity index (χ1n) is 12.1. The van der Waals surface area contributed by atoms with Crippen molar-refractivity contribution in [2.24, 2.45) is 0 Å². The largest absolute Gasteiger partial charge is 0.497 e. The van der Waals surface area contributed by atoms with Gasteiger partial charge in [0.25, 0.3) is 0 Å². The average Bonchev–Trinajstić information content (AvgIpc) is 3.35. The standard InChI is InChI=1S/C28H29ClN4O5S/c1-20-4-10-23(11-5-20)33-18-26(21-6-8-22(29)9-7-21)30-28(33)31-27(34)19-32(16-17-37-2)39(35,36)25-14-12-24(38-3)13-15-25/h4-15,18H,16-17,19H2,1-3H3,(H,30,31,34). The summed E-state index contributed by atoms with van der Waals surface area (Å²) in [7, 11) is -1.03. The van der Waals surface area contributed by atoms with E-state index in [2.05, 4.69) is 10.3 Å². The molecule has 0 aliphatic rings. The molecule has 0 bridgehead atoms. The topological polar surface area (TPSA) is 103 Å². The Morgan fingerprint density at radius 2 is 1.67 bits per heavy atom. The van der Waals surface area contributed by atoms with Gasteiger partial charge in [-0.15, -0.1) is 0 Å². The fraction of sp³-hybridized carbons (Fsp3) is 0.214. The van der Waals surface area contributed by atoms with Gasteiger partial charge in [0.05, 0.1) is 30.9 Å². The first-order valence-corrected chi connectivity index (χ1v) is 13.9. The van der Waals surface area contributed by atoms with E-state index < -0.39 is 22.5 Å². The fourth-order valence-corrected chi connectivity index (χ4v) is 5.34. The number of anilines is 1. The van der Waals surface area contributed by atoms with Gasteiger partial charge in [0, 0.05) is 36.1 Å². The van der Waals surface area contributed by atoms with Gasteiger partial charge in [-0.25, -0.2) is 13.4 Å². The number of hydrogen-bond donors (Lipinski definition) is 1. The minimum Gasteiger partial charge on any atom is -0.497 e. The van der Waals surface area contributed by atoms with Gasteiger partial charge in [-0.2, -0.15) is 4.31 Å². The van der Waals surface area contributed by atoms with Gasteiger partial charge in [-0.05, 0) is 55.5 Å².